The Labute approximate surface area is 138 Å². The molecule has 5 heteroatoms. The van der Waals surface area contributed by atoms with Crippen molar-refractivity contribution >= 4 is 34.3 Å². The molecule has 0 amide bonds. The van der Waals surface area contributed by atoms with Crippen molar-refractivity contribution < 1.29 is 4.74 Å². The van der Waals surface area contributed by atoms with E-state index in [1.807, 2.05) is 42.6 Å². The molecule has 22 heavy (non-hydrogen) atoms. The molecule has 0 saturated carbocycles. The highest BCUT2D eigenvalue weighted by Gasteiger charge is 2.12. The number of nitrogens with two attached hydrogens (primary N) is 1. The molecule has 3 aromatic rings. The number of hydrogen-bond acceptors (Lipinski definition) is 3. The summed E-state index contributed by atoms with van der Waals surface area (Å²) in [5, 5.41) is 1.82. The van der Waals surface area contributed by atoms with Crippen LogP contribution in [-0.4, -0.2) is 18.6 Å². The number of nitrogens with one attached hydrogen (secondary N) is 1. The largest absolute Gasteiger partial charge is 0.496 e. The molecule has 1 aromatic heterocycles. The first-order valence-corrected chi connectivity index (χ1v) is 8.23. The second-order valence-corrected chi connectivity index (χ2v) is 6.45. The van der Waals surface area contributed by atoms with Crippen molar-refractivity contribution in [2.75, 3.05) is 13.7 Å². The number of halogens is 1. The van der Waals surface area contributed by atoms with Crippen LogP contribution in [0.4, 0.5) is 0 Å². The molecule has 114 valence electrons. The third-order valence-corrected chi connectivity index (χ3v) is 4.89. The molecular formula is C17H17ClN2OS. The van der Waals surface area contributed by atoms with Crippen LogP contribution in [0.2, 0.25) is 5.02 Å². The molecule has 3 nitrogen and oxygen atoms in total. The van der Waals surface area contributed by atoms with Gasteiger partial charge in [-0.3, -0.25) is 0 Å². The van der Waals surface area contributed by atoms with E-state index in [0.29, 0.717) is 6.54 Å². The number of aromatic nitrogens is 1. The predicted octanol–water partition coefficient (Wildman–Crippen LogP) is 4.48. The topological polar surface area (TPSA) is 51.0 Å². The van der Waals surface area contributed by atoms with Gasteiger partial charge in [-0.05, 0) is 42.8 Å². The fourth-order valence-corrected chi connectivity index (χ4v) is 3.87. The molecule has 0 spiro atoms. The van der Waals surface area contributed by atoms with Crippen molar-refractivity contribution in [3.8, 4) is 5.75 Å². The SMILES string of the molecule is COc1cccc2[nH]cc(Sc3cc(Cl)ccc3CCN)c12. The van der Waals surface area contributed by atoms with E-state index >= 15 is 0 Å². The minimum atomic E-state index is 0.617. The molecule has 0 aliphatic rings. The zero-order valence-electron chi connectivity index (χ0n) is 12.2. The summed E-state index contributed by atoms with van der Waals surface area (Å²) in [5.74, 6) is 0.864. The molecule has 0 bridgehead atoms. The summed E-state index contributed by atoms with van der Waals surface area (Å²) >= 11 is 7.84. The van der Waals surface area contributed by atoms with Crippen LogP contribution in [0.1, 0.15) is 5.56 Å². The van der Waals surface area contributed by atoms with E-state index in [1.54, 1.807) is 18.9 Å². The molecule has 2 aromatic carbocycles. The Balaban J connectivity index is 2.05. The van der Waals surface area contributed by atoms with Gasteiger partial charge < -0.3 is 15.5 Å². The number of fused-ring (bicyclic) bond motifs is 1. The molecule has 0 fully saturated rings. The zero-order chi connectivity index (χ0) is 15.5. The van der Waals surface area contributed by atoms with Crippen LogP contribution < -0.4 is 10.5 Å². The molecule has 0 aliphatic carbocycles. The number of rotatable bonds is 5. The first-order chi connectivity index (χ1) is 10.7. The molecule has 1 heterocycles. The summed E-state index contributed by atoms with van der Waals surface area (Å²) in [7, 11) is 1.69. The maximum atomic E-state index is 6.16. The number of H-pyrrole nitrogens is 1. The summed E-state index contributed by atoms with van der Waals surface area (Å²) in [6, 6.07) is 11.9. The lowest BCUT2D eigenvalue weighted by Crippen LogP contribution is -2.03. The summed E-state index contributed by atoms with van der Waals surface area (Å²) in [6.45, 7) is 0.617. The maximum Gasteiger partial charge on any atom is 0.129 e. The lowest BCUT2D eigenvalue weighted by Gasteiger charge is -2.09. The van der Waals surface area contributed by atoms with E-state index in [-0.39, 0.29) is 0 Å². The number of methoxy groups -OCH3 is 1. The summed E-state index contributed by atoms with van der Waals surface area (Å²) in [4.78, 5) is 5.54. The molecule has 0 radical (unpaired) electrons. The van der Waals surface area contributed by atoms with Crippen LogP contribution >= 0.6 is 23.4 Å². The second-order valence-electron chi connectivity index (χ2n) is 4.93. The van der Waals surface area contributed by atoms with Crippen molar-refractivity contribution in [1.82, 2.24) is 4.98 Å². The molecule has 0 aliphatic heterocycles. The second kappa shape index (κ2) is 6.65. The van der Waals surface area contributed by atoms with E-state index in [0.717, 1.165) is 37.9 Å². The third-order valence-electron chi connectivity index (χ3n) is 3.51. The van der Waals surface area contributed by atoms with E-state index in [2.05, 4.69) is 4.98 Å². The Kier molecular flexibility index (Phi) is 4.62. The van der Waals surface area contributed by atoms with Gasteiger partial charge in [0.2, 0.25) is 0 Å². The van der Waals surface area contributed by atoms with Crippen LogP contribution in [0.15, 0.2) is 52.4 Å². The van der Waals surface area contributed by atoms with Crippen LogP contribution in [-0.2, 0) is 6.42 Å². The number of ether oxygens (including phenoxy) is 1. The summed E-state index contributed by atoms with van der Waals surface area (Å²) in [6.07, 6.45) is 2.84. The van der Waals surface area contributed by atoms with E-state index < -0.39 is 0 Å². The van der Waals surface area contributed by atoms with E-state index in [9.17, 15) is 0 Å². The normalized spacial score (nSPS) is 11.0. The molecular weight excluding hydrogens is 316 g/mol. The van der Waals surface area contributed by atoms with Gasteiger partial charge in [0.1, 0.15) is 5.75 Å². The number of benzene rings is 2. The predicted molar refractivity (Wildman–Crippen MR) is 93.2 cm³/mol. The smallest absolute Gasteiger partial charge is 0.129 e. The Hall–Kier alpha value is -1.62. The Bertz CT molecular complexity index is 800. The molecule has 0 unspecified atom stereocenters. The lowest BCUT2D eigenvalue weighted by molar-refractivity contribution is 0.419. The van der Waals surface area contributed by atoms with Crippen LogP contribution in [0.25, 0.3) is 10.9 Å². The van der Waals surface area contributed by atoms with Crippen molar-refractivity contribution in [2.45, 2.75) is 16.2 Å². The van der Waals surface area contributed by atoms with E-state index in [1.165, 1.54) is 5.56 Å². The Morgan fingerprint density at radius 3 is 2.86 bits per heavy atom. The lowest BCUT2D eigenvalue weighted by atomic mass is 10.1. The van der Waals surface area contributed by atoms with Gasteiger partial charge in [-0.2, -0.15) is 0 Å². The van der Waals surface area contributed by atoms with Gasteiger partial charge in [0.05, 0.1) is 18.0 Å². The fourth-order valence-electron chi connectivity index (χ4n) is 2.48. The summed E-state index contributed by atoms with van der Waals surface area (Å²) < 4.78 is 5.49. The fraction of sp³-hybridized carbons (Fsp3) is 0.176. The standard InChI is InChI=1S/C17H17ClN2OS/c1-21-14-4-2-3-13-17(14)16(10-20-13)22-15-9-12(18)6-5-11(15)7-8-19/h2-6,9-10,20H,7-8,19H2,1H3. The molecule has 0 atom stereocenters. The number of aromatic amines is 1. The van der Waals surface area contributed by atoms with Gasteiger partial charge in [0.15, 0.2) is 0 Å². The quantitative estimate of drug-likeness (QED) is 0.724. The van der Waals surface area contributed by atoms with Gasteiger partial charge in [-0.15, -0.1) is 0 Å². The van der Waals surface area contributed by atoms with Gasteiger partial charge in [-0.25, -0.2) is 0 Å². The highest BCUT2D eigenvalue weighted by molar-refractivity contribution is 7.99. The van der Waals surface area contributed by atoms with Gasteiger partial charge in [0, 0.05) is 21.0 Å². The van der Waals surface area contributed by atoms with Crippen LogP contribution in [0.5, 0.6) is 5.75 Å². The van der Waals surface area contributed by atoms with Crippen molar-refractivity contribution in [3.63, 3.8) is 0 Å². The molecule has 3 rings (SSSR count). The summed E-state index contributed by atoms with van der Waals surface area (Å²) in [5.41, 5.74) is 7.98. The minimum Gasteiger partial charge on any atom is -0.496 e. The van der Waals surface area contributed by atoms with Gasteiger partial charge in [0.25, 0.3) is 0 Å². The maximum absolute atomic E-state index is 6.16. The van der Waals surface area contributed by atoms with Crippen LogP contribution in [0, 0.1) is 0 Å². The zero-order valence-corrected chi connectivity index (χ0v) is 13.8. The van der Waals surface area contributed by atoms with Gasteiger partial charge >= 0.3 is 0 Å². The van der Waals surface area contributed by atoms with Crippen molar-refractivity contribution in [1.29, 1.82) is 0 Å². The molecule has 0 saturated heterocycles. The highest BCUT2D eigenvalue weighted by atomic mass is 35.5. The Morgan fingerprint density at radius 2 is 2.09 bits per heavy atom. The third kappa shape index (κ3) is 2.95. The van der Waals surface area contributed by atoms with E-state index in [4.69, 9.17) is 22.1 Å². The Morgan fingerprint density at radius 1 is 1.23 bits per heavy atom. The molecule has 3 N–H and O–H groups in total. The first kappa shape index (κ1) is 15.3. The van der Waals surface area contributed by atoms with Crippen molar-refractivity contribution in [2.24, 2.45) is 5.73 Å². The highest BCUT2D eigenvalue weighted by Crippen LogP contribution is 2.40. The average molecular weight is 333 g/mol. The van der Waals surface area contributed by atoms with Crippen molar-refractivity contribution in [3.05, 3.63) is 53.2 Å². The van der Waals surface area contributed by atoms with Crippen LogP contribution in [0.3, 0.4) is 0 Å². The minimum absolute atomic E-state index is 0.617. The monoisotopic (exact) mass is 332 g/mol. The first-order valence-electron chi connectivity index (χ1n) is 7.03. The average Bonchev–Trinajstić information content (AvgIpc) is 2.93. The number of hydrogen-bond donors (Lipinski definition) is 2. The van der Waals surface area contributed by atoms with Gasteiger partial charge in [-0.1, -0.05) is 35.5 Å².